The summed E-state index contributed by atoms with van der Waals surface area (Å²) < 4.78 is 0.960. The fourth-order valence-electron chi connectivity index (χ4n) is 1.69. The molecular weight excluding hydrogens is 324 g/mol. The number of benzene rings is 1. The number of nitrogens with zero attached hydrogens (tertiary/aromatic N) is 2. The average Bonchev–Trinajstić information content (AvgIpc) is 2.43. The minimum absolute atomic E-state index is 0.0144. The maximum atomic E-state index is 10.9. The van der Waals surface area contributed by atoms with E-state index in [0.29, 0.717) is 11.6 Å². The van der Waals surface area contributed by atoms with E-state index in [1.807, 2.05) is 25.1 Å². The zero-order valence-electron chi connectivity index (χ0n) is 11.0. The Morgan fingerprint density at radius 3 is 2.65 bits per heavy atom. The molecule has 1 aromatic heterocycles. The van der Waals surface area contributed by atoms with E-state index < -0.39 is 4.92 Å². The monoisotopic (exact) mass is 336 g/mol. The molecule has 104 valence electrons. The normalized spacial score (nSPS) is 10.2. The van der Waals surface area contributed by atoms with E-state index in [1.54, 1.807) is 7.05 Å². The van der Waals surface area contributed by atoms with Crippen molar-refractivity contribution in [2.75, 3.05) is 17.7 Å². The van der Waals surface area contributed by atoms with Gasteiger partial charge in [0.2, 0.25) is 0 Å². The van der Waals surface area contributed by atoms with Gasteiger partial charge in [-0.25, -0.2) is 4.98 Å². The van der Waals surface area contributed by atoms with Gasteiger partial charge in [-0.2, -0.15) is 0 Å². The summed E-state index contributed by atoms with van der Waals surface area (Å²) in [5, 5.41) is 16.8. The molecule has 0 unspecified atom stereocenters. The fourth-order valence-corrected chi connectivity index (χ4v) is 2.06. The molecule has 0 fully saturated rings. The third kappa shape index (κ3) is 3.05. The second-order valence-corrected chi connectivity index (χ2v) is 4.99. The van der Waals surface area contributed by atoms with E-state index in [-0.39, 0.29) is 5.69 Å². The lowest BCUT2D eigenvalue weighted by molar-refractivity contribution is -0.384. The van der Waals surface area contributed by atoms with Crippen LogP contribution < -0.4 is 10.6 Å². The van der Waals surface area contributed by atoms with E-state index in [2.05, 4.69) is 31.5 Å². The molecule has 0 amide bonds. The van der Waals surface area contributed by atoms with Crippen molar-refractivity contribution in [2.45, 2.75) is 6.92 Å². The van der Waals surface area contributed by atoms with Gasteiger partial charge in [-0.05, 0) is 24.6 Å². The summed E-state index contributed by atoms with van der Waals surface area (Å²) in [5.41, 5.74) is 1.83. The molecule has 2 N–H and O–H groups in total. The molecule has 2 aromatic rings. The van der Waals surface area contributed by atoms with Gasteiger partial charge in [0, 0.05) is 17.2 Å². The topological polar surface area (TPSA) is 80.1 Å². The number of anilines is 3. The van der Waals surface area contributed by atoms with E-state index in [1.165, 1.54) is 12.1 Å². The van der Waals surface area contributed by atoms with Gasteiger partial charge in [0.05, 0.1) is 17.1 Å². The summed E-state index contributed by atoms with van der Waals surface area (Å²) in [4.78, 5) is 14.7. The minimum Gasteiger partial charge on any atom is -0.373 e. The lowest BCUT2D eigenvalue weighted by atomic mass is 10.2. The number of nitrogens with one attached hydrogen (secondary N) is 2. The summed E-state index contributed by atoms with van der Waals surface area (Å²) in [5.74, 6) is 0.860. The van der Waals surface area contributed by atoms with Gasteiger partial charge in [-0.3, -0.25) is 10.1 Å². The van der Waals surface area contributed by atoms with Gasteiger partial charge < -0.3 is 10.6 Å². The SMILES string of the molecule is CNc1cc([N+](=O)[O-])cc(Nc2cccc(Br)c2C)n1. The third-order valence-corrected chi connectivity index (χ3v) is 3.67. The highest BCUT2D eigenvalue weighted by atomic mass is 79.9. The van der Waals surface area contributed by atoms with Crippen molar-refractivity contribution in [3.05, 3.63) is 50.5 Å². The molecule has 20 heavy (non-hydrogen) atoms. The van der Waals surface area contributed by atoms with Crippen molar-refractivity contribution in [1.29, 1.82) is 0 Å². The Kier molecular flexibility index (Phi) is 4.19. The first-order valence-corrected chi connectivity index (χ1v) is 6.67. The predicted molar refractivity (Wildman–Crippen MR) is 82.6 cm³/mol. The smallest absolute Gasteiger partial charge is 0.276 e. The maximum absolute atomic E-state index is 10.9. The maximum Gasteiger partial charge on any atom is 0.276 e. The molecule has 0 radical (unpaired) electrons. The van der Waals surface area contributed by atoms with Crippen LogP contribution in [0.4, 0.5) is 23.0 Å². The third-order valence-electron chi connectivity index (χ3n) is 2.81. The quantitative estimate of drug-likeness (QED) is 0.654. The lowest BCUT2D eigenvalue weighted by Crippen LogP contribution is -2.01. The van der Waals surface area contributed by atoms with Crippen LogP contribution in [0.25, 0.3) is 0 Å². The molecule has 0 spiro atoms. The molecule has 2 rings (SSSR count). The van der Waals surface area contributed by atoms with Gasteiger partial charge in [0.25, 0.3) is 5.69 Å². The first kappa shape index (κ1) is 14.3. The van der Waals surface area contributed by atoms with Crippen molar-refractivity contribution in [3.63, 3.8) is 0 Å². The average molecular weight is 337 g/mol. The van der Waals surface area contributed by atoms with Crippen LogP contribution in [0.2, 0.25) is 0 Å². The van der Waals surface area contributed by atoms with E-state index in [0.717, 1.165) is 15.7 Å². The van der Waals surface area contributed by atoms with Crippen LogP contribution in [-0.2, 0) is 0 Å². The highest BCUT2D eigenvalue weighted by Gasteiger charge is 2.11. The summed E-state index contributed by atoms with van der Waals surface area (Å²) in [6.45, 7) is 1.95. The lowest BCUT2D eigenvalue weighted by Gasteiger charge is -2.11. The van der Waals surface area contributed by atoms with E-state index >= 15 is 0 Å². The minimum atomic E-state index is -0.443. The van der Waals surface area contributed by atoms with Crippen molar-refractivity contribution < 1.29 is 4.92 Å². The molecule has 0 aliphatic carbocycles. The van der Waals surface area contributed by atoms with Gasteiger partial charge in [0.15, 0.2) is 0 Å². The van der Waals surface area contributed by atoms with Crippen molar-refractivity contribution in [2.24, 2.45) is 0 Å². The van der Waals surface area contributed by atoms with Crippen LogP contribution in [0.5, 0.6) is 0 Å². The zero-order valence-corrected chi connectivity index (χ0v) is 12.6. The number of pyridine rings is 1. The Balaban J connectivity index is 2.40. The second kappa shape index (κ2) is 5.87. The standard InChI is InChI=1S/C13H13BrN4O2/c1-8-10(14)4-3-5-11(8)16-13-7-9(18(19)20)6-12(15-2)17-13/h3-7H,1-2H3,(H2,15,16,17). The highest BCUT2D eigenvalue weighted by Crippen LogP contribution is 2.28. The summed E-state index contributed by atoms with van der Waals surface area (Å²) in [7, 11) is 1.67. The van der Waals surface area contributed by atoms with Gasteiger partial charge in [-0.1, -0.05) is 22.0 Å². The van der Waals surface area contributed by atoms with Crippen LogP contribution in [0.3, 0.4) is 0 Å². The summed E-state index contributed by atoms with van der Waals surface area (Å²) >= 11 is 3.44. The Bertz CT molecular complexity index is 661. The first-order chi connectivity index (χ1) is 9.51. The number of nitro groups is 1. The van der Waals surface area contributed by atoms with Crippen LogP contribution >= 0.6 is 15.9 Å². The van der Waals surface area contributed by atoms with Crippen molar-refractivity contribution in [1.82, 2.24) is 4.98 Å². The van der Waals surface area contributed by atoms with Crippen LogP contribution in [0.15, 0.2) is 34.8 Å². The molecule has 0 bridgehead atoms. The van der Waals surface area contributed by atoms with Gasteiger partial charge in [-0.15, -0.1) is 0 Å². The number of halogens is 1. The molecule has 0 atom stereocenters. The molecule has 0 aliphatic heterocycles. The van der Waals surface area contributed by atoms with E-state index in [4.69, 9.17) is 0 Å². The number of aromatic nitrogens is 1. The molecular formula is C13H13BrN4O2. The van der Waals surface area contributed by atoms with Gasteiger partial charge in [0.1, 0.15) is 11.6 Å². The fraction of sp³-hybridized carbons (Fsp3) is 0.154. The Hall–Kier alpha value is -2.15. The number of rotatable bonds is 4. The Morgan fingerprint density at radius 1 is 1.30 bits per heavy atom. The second-order valence-electron chi connectivity index (χ2n) is 4.14. The van der Waals surface area contributed by atoms with Crippen LogP contribution in [-0.4, -0.2) is 17.0 Å². The molecule has 1 aromatic carbocycles. The predicted octanol–water partition coefficient (Wildman–Crippen LogP) is 3.85. The molecule has 7 heteroatoms. The zero-order chi connectivity index (χ0) is 14.7. The van der Waals surface area contributed by atoms with Crippen LogP contribution in [0, 0.1) is 17.0 Å². The Morgan fingerprint density at radius 2 is 2.00 bits per heavy atom. The molecule has 1 heterocycles. The molecule has 0 saturated heterocycles. The summed E-state index contributed by atoms with van der Waals surface area (Å²) in [6, 6.07) is 8.50. The van der Waals surface area contributed by atoms with Crippen molar-refractivity contribution in [3.8, 4) is 0 Å². The number of hydrogen-bond donors (Lipinski definition) is 2. The van der Waals surface area contributed by atoms with Crippen molar-refractivity contribution >= 4 is 38.9 Å². The largest absolute Gasteiger partial charge is 0.373 e. The van der Waals surface area contributed by atoms with Gasteiger partial charge >= 0.3 is 0 Å². The van der Waals surface area contributed by atoms with E-state index in [9.17, 15) is 10.1 Å². The molecule has 0 aliphatic rings. The molecule has 0 saturated carbocycles. The summed E-state index contributed by atoms with van der Waals surface area (Å²) in [6.07, 6.45) is 0. The first-order valence-electron chi connectivity index (χ1n) is 5.87. The number of hydrogen-bond acceptors (Lipinski definition) is 5. The Labute approximate surface area is 124 Å². The molecule has 6 nitrogen and oxygen atoms in total. The highest BCUT2D eigenvalue weighted by molar-refractivity contribution is 9.10. The van der Waals surface area contributed by atoms with Crippen LogP contribution in [0.1, 0.15) is 5.56 Å².